The number of aromatic nitrogens is 1. The van der Waals surface area contributed by atoms with Gasteiger partial charge in [-0.05, 0) is 24.3 Å². The van der Waals surface area contributed by atoms with Crippen molar-refractivity contribution >= 4 is 33.0 Å². The molecule has 0 bridgehead atoms. The van der Waals surface area contributed by atoms with Crippen molar-refractivity contribution in [1.82, 2.24) is 4.98 Å². The quantitative estimate of drug-likeness (QED) is 0.644. The Morgan fingerprint density at radius 2 is 1.95 bits per heavy atom. The summed E-state index contributed by atoms with van der Waals surface area (Å²) in [7, 11) is 0. The highest BCUT2D eigenvalue weighted by Crippen LogP contribution is 2.32. The molecule has 1 aromatic heterocycles. The summed E-state index contributed by atoms with van der Waals surface area (Å²) in [5.74, 6) is 0. The number of hydrogen-bond donors (Lipinski definition) is 1. The van der Waals surface area contributed by atoms with E-state index in [9.17, 15) is 23.3 Å². The van der Waals surface area contributed by atoms with Gasteiger partial charge in [-0.1, -0.05) is 15.9 Å². The summed E-state index contributed by atoms with van der Waals surface area (Å²) in [6.07, 6.45) is -3.56. The smallest absolute Gasteiger partial charge is 0.349 e. The second-order valence-electron chi connectivity index (χ2n) is 3.97. The zero-order chi connectivity index (χ0) is 15.6. The van der Waals surface area contributed by atoms with Gasteiger partial charge in [0.2, 0.25) is 0 Å². The van der Waals surface area contributed by atoms with Crippen molar-refractivity contribution in [2.24, 2.45) is 0 Å². The lowest BCUT2D eigenvalue weighted by molar-refractivity contribution is -0.384. The zero-order valence-corrected chi connectivity index (χ0v) is 11.8. The van der Waals surface area contributed by atoms with Crippen LogP contribution in [-0.4, -0.2) is 9.91 Å². The van der Waals surface area contributed by atoms with Gasteiger partial charge in [0.15, 0.2) is 0 Å². The molecule has 2 aromatic rings. The van der Waals surface area contributed by atoms with Gasteiger partial charge in [0.05, 0.1) is 16.8 Å². The van der Waals surface area contributed by atoms with Gasteiger partial charge in [0.25, 0.3) is 5.69 Å². The van der Waals surface area contributed by atoms with Crippen LogP contribution in [-0.2, 0) is 6.18 Å². The lowest BCUT2D eigenvalue weighted by Gasteiger charge is -2.09. The maximum atomic E-state index is 12.4. The minimum atomic E-state index is -4.53. The number of nitro benzene ring substituents is 1. The first-order valence-corrected chi connectivity index (χ1v) is 6.31. The van der Waals surface area contributed by atoms with Crippen molar-refractivity contribution in [3.05, 3.63) is 56.8 Å². The van der Waals surface area contributed by atoms with Gasteiger partial charge in [-0.2, -0.15) is 13.2 Å². The highest BCUT2D eigenvalue weighted by Gasteiger charge is 2.32. The summed E-state index contributed by atoms with van der Waals surface area (Å²) in [4.78, 5) is 13.6. The topological polar surface area (TPSA) is 68.1 Å². The average Bonchev–Trinajstić information content (AvgIpc) is 2.40. The third-order valence-corrected chi connectivity index (χ3v) is 2.98. The maximum absolute atomic E-state index is 12.4. The Morgan fingerprint density at radius 3 is 2.48 bits per heavy atom. The Labute approximate surface area is 125 Å². The van der Waals surface area contributed by atoms with Crippen LogP contribution < -0.4 is 5.32 Å². The standard InChI is InChI=1S/C12H7BrF3N3O2/c13-7-1-3-9(10(5-7)19(20)21)18-8-2-4-11(17-6-8)12(14,15)16/h1-6,18H. The van der Waals surface area contributed by atoms with Crippen molar-refractivity contribution < 1.29 is 18.1 Å². The van der Waals surface area contributed by atoms with E-state index in [0.29, 0.717) is 4.47 Å². The second-order valence-corrected chi connectivity index (χ2v) is 4.89. The third-order valence-electron chi connectivity index (χ3n) is 2.49. The van der Waals surface area contributed by atoms with E-state index in [1.807, 2.05) is 0 Å². The van der Waals surface area contributed by atoms with Crippen molar-refractivity contribution in [2.45, 2.75) is 6.18 Å². The number of nitrogens with zero attached hydrogens (tertiary/aromatic N) is 2. The van der Waals surface area contributed by atoms with Gasteiger partial charge in [0, 0.05) is 10.5 Å². The molecule has 1 N–H and O–H groups in total. The summed E-state index contributed by atoms with van der Waals surface area (Å²) in [6, 6.07) is 6.27. The number of pyridine rings is 1. The number of halogens is 4. The maximum Gasteiger partial charge on any atom is 0.433 e. The first kappa shape index (κ1) is 15.2. The molecule has 5 nitrogen and oxygen atoms in total. The monoisotopic (exact) mass is 361 g/mol. The van der Waals surface area contributed by atoms with Gasteiger partial charge in [-0.3, -0.25) is 10.1 Å². The molecule has 110 valence electrons. The minimum Gasteiger partial charge on any atom is -0.349 e. The fourth-order valence-corrected chi connectivity index (χ4v) is 1.90. The number of nitrogens with one attached hydrogen (secondary N) is 1. The molecule has 1 aromatic carbocycles. The molecule has 0 fully saturated rings. The van der Waals surface area contributed by atoms with Crippen LogP contribution in [0.4, 0.5) is 30.2 Å². The predicted molar refractivity (Wildman–Crippen MR) is 73.3 cm³/mol. The SMILES string of the molecule is O=[N+]([O-])c1cc(Br)ccc1Nc1ccc(C(F)(F)F)nc1. The molecule has 0 aliphatic rings. The highest BCUT2D eigenvalue weighted by atomic mass is 79.9. The summed E-state index contributed by atoms with van der Waals surface area (Å²) in [5.41, 5.74) is -0.860. The van der Waals surface area contributed by atoms with Gasteiger partial charge in [-0.15, -0.1) is 0 Å². The molecule has 0 spiro atoms. The fraction of sp³-hybridized carbons (Fsp3) is 0.0833. The molecule has 0 atom stereocenters. The highest BCUT2D eigenvalue weighted by molar-refractivity contribution is 9.10. The van der Waals surface area contributed by atoms with Gasteiger partial charge in [0.1, 0.15) is 11.4 Å². The molecule has 0 saturated carbocycles. The van der Waals surface area contributed by atoms with Crippen LogP contribution in [0.1, 0.15) is 5.69 Å². The Bertz CT molecular complexity index is 674. The largest absolute Gasteiger partial charge is 0.433 e. The van der Waals surface area contributed by atoms with E-state index in [2.05, 4.69) is 26.2 Å². The normalized spacial score (nSPS) is 11.2. The zero-order valence-electron chi connectivity index (χ0n) is 10.2. The number of hydrogen-bond acceptors (Lipinski definition) is 4. The van der Waals surface area contributed by atoms with Crippen molar-refractivity contribution in [2.75, 3.05) is 5.32 Å². The van der Waals surface area contributed by atoms with Crippen LogP contribution in [0.2, 0.25) is 0 Å². The van der Waals surface area contributed by atoms with E-state index in [0.717, 1.165) is 18.3 Å². The Balaban J connectivity index is 2.28. The molecule has 0 unspecified atom stereocenters. The van der Waals surface area contributed by atoms with Crippen molar-refractivity contribution in [1.29, 1.82) is 0 Å². The van der Waals surface area contributed by atoms with E-state index >= 15 is 0 Å². The van der Waals surface area contributed by atoms with E-state index in [1.54, 1.807) is 6.07 Å². The molecule has 0 saturated heterocycles. The molecule has 2 rings (SSSR count). The van der Waals surface area contributed by atoms with Crippen LogP contribution in [0.5, 0.6) is 0 Å². The second kappa shape index (κ2) is 5.68. The van der Waals surface area contributed by atoms with Crippen LogP contribution in [0.25, 0.3) is 0 Å². The van der Waals surface area contributed by atoms with Gasteiger partial charge in [-0.25, -0.2) is 4.98 Å². The Hall–Kier alpha value is -2.16. The molecule has 0 radical (unpaired) electrons. The molecular weight excluding hydrogens is 355 g/mol. The summed E-state index contributed by atoms with van der Waals surface area (Å²) in [5, 5.41) is 13.6. The molecule has 9 heteroatoms. The van der Waals surface area contributed by atoms with Crippen molar-refractivity contribution in [3.8, 4) is 0 Å². The lowest BCUT2D eigenvalue weighted by atomic mass is 10.2. The molecular formula is C12H7BrF3N3O2. The number of alkyl halides is 3. The van der Waals surface area contributed by atoms with Crippen molar-refractivity contribution in [3.63, 3.8) is 0 Å². The number of nitro groups is 1. The van der Waals surface area contributed by atoms with E-state index in [1.165, 1.54) is 12.1 Å². The van der Waals surface area contributed by atoms with E-state index in [-0.39, 0.29) is 17.1 Å². The average molecular weight is 362 g/mol. The van der Waals surface area contributed by atoms with Crippen LogP contribution in [0, 0.1) is 10.1 Å². The lowest BCUT2D eigenvalue weighted by Crippen LogP contribution is -2.07. The molecule has 0 aliphatic heterocycles. The molecule has 21 heavy (non-hydrogen) atoms. The molecule has 1 heterocycles. The third kappa shape index (κ3) is 3.69. The van der Waals surface area contributed by atoms with E-state index < -0.39 is 16.8 Å². The van der Waals surface area contributed by atoms with Gasteiger partial charge >= 0.3 is 6.18 Å². The summed E-state index contributed by atoms with van der Waals surface area (Å²) < 4.78 is 37.7. The minimum absolute atomic E-state index is 0.157. The number of anilines is 2. The molecule has 0 aliphatic carbocycles. The van der Waals surface area contributed by atoms with Crippen LogP contribution in [0.3, 0.4) is 0 Å². The fourth-order valence-electron chi connectivity index (χ4n) is 1.55. The summed E-state index contributed by atoms with van der Waals surface area (Å²) in [6.45, 7) is 0. The first-order chi connectivity index (χ1) is 9.77. The Kier molecular flexibility index (Phi) is 4.12. The van der Waals surface area contributed by atoms with Crippen LogP contribution >= 0.6 is 15.9 Å². The van der Waals surface area contributed by atoms with Crippen LogP contribution in [0.15, 0.2) is 41.0 Å². The molecule has 0 amide bonds. The number of benzene rings is 1. The van der Waals surface area contributed by atoms with E-state index in [4.69, 9.17) is 0 Å². The Morgan fingerprint density at radius 1 is 1.24 bits per heavy atom. The first-order valence-electron chi connectivity index (χ1n) is 5.51. The predicted octanol–water partition coefficient (Wildman–Crippen LogP) is 4.51. The van der Waals surface area contributed by atoms with Gasteiger partial charge < -0.3 is 5.32 Å². The summed E-state index contributed by atoms with van der Waals surface area (Å²) >= 11 is 3.11. The number of rotatable bonds is 3.